The normalized spacial score (nSPS) is 12.6. The first-order chi connectivity index (χ1) is 9.90. The van der Waals surface area contributed by atoms with Crippen molar-refractivity contribution in [3.63, 3.8) is 0 Å². The van der Waals surface area contributed by atoms with Crippen LogP contribution in [0, 0.1) is 0 Å². The van der Waals surface area contributed by atoms with Crippen LogP contribution in [0.5, 0.6) is 0 Å². The molecule has 20 heavy (non-hydrogen) atoms. The van der Waals surface area contributed by atoms with E-state index in [2.05, 4.69) is 72.8 Å². The van der Waals surface area contributed by atoms with Gasteiger partial charge in [-0.2, -0.15) is 0 Å². The van der Waals surface area contributed by atoms with Gasteiger partial charge < -0.3 is 0 Å². The van der Waals surface area contributed by atoms with Gasteiger partial charge in [-0.3, -0.25) is 0 Å². The first kappa shape index (κ1) is 11.5. The highest BCUT2D eigenvalue weighted by molar-refractivity contribution is 5.83. The van der Waals surface area contributed by atoms with Crippen molar-refractivity contribution in [3.05, 3.63) is 83.9 Å². The minimum absolute atomic E-state index is 1.11. The molecule has 0 atom stereocenters. The van der Waals surface area contributed by atoms with Gasteiger partial charge in [0.25, 0.3) is 0 Å². The van der Waals surface area contributed by atoms with Gasteiger partial charge in [0.2, 0.25) is 0 Å². The number of hydrogen-bond acceptors (Lipinski definition) is 0. The molecule has 0 N–H and O–H groups in total. The van der Waals surface area contributed by atoms with E-state index >= 15 is 0 Å². The summed E-state index contributed by atoms with van der Waals surface area (Å²) in [6.45, 7) is 0. The maximum absolute atomic E-state index is 2.34. The molecule has 0 spiro atoms. The van der Waals surface area contributed by atoms with E-state index < -0.39 is 0 Å². The molecule has 0 nitrogen and oxygen atoms in total. The summed E-state index contributed by atoms with van der Waals surface area (Å²) in [5.41, 5.74) is 8.15. The largest absolute Gasteiger partial charge is 0.0616 e. The van der Waals surface area contributed by atoms with Gasteiger partial charge in [-0.05, 0) is 46.2 Å². The van der Waals surface area contributed by atoms with Crippen molar-refractivity contribution in [2.24, 2.45) is 0 Å². The Morgan fingerprint density at radius 3 is 1.50 bits per heavy atom. The first-order valence-corrected chi connectivity index (χ1v) is 7.18. The smallest absolute Gasteiger partial charge is 0.0105 e. The summed E-state index contributed by atoms with van der Waals surface area (Å²) in [5, 5.41) is 0. The molecule has 4 rings (SSSR count). The highest BCUT2D eigenvalue weighted by atomic mass is 14.1. The lowest BCUT2D eigenvalue weighted by Crippen LogP contribution is -1.95. The molecule has 3 aromatic rings. The zero-order valence-electron chi connectivity index (χ0n) is 11.3. The number of benzene rings is 3. The van der Waals surface area contributed by atoms with E-state index in [9.17, 15) is 0 Å². The Kier molecular flexibility index (Phi) is 2.67. The average molecular weight is 256 g/mol. The lowest BCUT2D eigenvalue weighted by atomic mass is 9.90. The quantitative estimate of drug-likeness (QED) is 0.523. The van der Waals surface area contributed by atoms with Crippen LogP contribution in [0.3, 0.4) is 0 Å². The van der Waals surface area contributed by atoms with Gasteiger partial charge in [0.1, 0.15) is 0 Å². The predicted molar refractivity (Wildman–Crippen MR) is 84.7 cm³/mol. The van der Waals surface area contributed by atoms with Crippen LogP contribution in [0.1, 0.15) is 11.1 Å². The van der Waals surface area contributed by atoms with Gasteiger partial charge in [-0.25, -0.2) is 0 Å². The molecule has 0 unspecified atom stereocenters. The topological polar surface area (TPSA) is 0 Å². The van der Waals surface area contributed by atoms with Crippen LogP contribution in [0.25, 0.3) is 22.3 Å². The van der Waals surface area contributed by atoms with E-state index in [-0.39, 0.29) is 0 Å². The molecule has 0 aromatic heterocycles. The number of rotatable bonds is 0. The predicted octanol–water partition coefficient (Wildman–Crippen LogP) is 5.12. The summed E-state index contributed by atoms with van der Waals surface area (Å²) in [5.74, 6) is 0. The molecule has 0 aliphatic heterocycles. The molecule has 1 aliphatic carbocycles. The zero-order chi connectivity index (χ0) is 13.4. The van der Waals surface area contributed by atoms with Crippen LogP contribution in [-0.4, -0.2) is 0 Å². The summed E-state index contributed by atoms with van der Waals surface area (Å²) < 4.78 is 0. The molecule has 0 saturated heterocycles. The van der Waals surface area contributed by atoms with Crippen LogP contribution in [0.4, 0.5) is 0 Å². The highest BCUT2D eigenvalue weighted by Gasteiger charge is 2.10. The standard InChI is InChI=1S/C20H16/c1-2-10-20-18-8-4-6-16(14-18)12-11-15-5-3-7-17(13-15)19(20)9-1/h1-10,13-14H,11-12H2. The van der Waals surface area contributed by atoms with Crippen molar-refractivity contribution in [1.29, 1.82) is 0 Å². The van der Waals surface area contributed by atoms with E-state index in [1.807, 2.05) is 0 Å². The van der Waals surface area contributed by atoms with Gasteiger partial charge in [-0.15, -0.1) is 0 Å². The van der Waals surface area contributed by atoms with E-state index in [1.165, 1.54) is 33.4 Å². The number of fused-ring (bicyclic) bond motifs is 7. The second kappa shape index (κ2) is 4.64. The molecule has 1 aliphatic rings. The van der Waals surface area contributed by atoms with E-state index in [0.717, 1.165) is 12.8 Å². The lowest BCUT2D eigenvalue weighted by Gasteiger charge is -2.14. The number of aryl methyl sites for hydroxylation is 2. The molecule has 0 saturated carbocycles. The van der Waals surface area contributed by atoms with Crippen molar-refractivity contribution in [3.8, 4) is 22.3 Å². The van der Waals surface area contributed by atoms with Crippen molar-refractivity contribution in [2.75, 3.05) is 0 Å². The first-order valence-electron chi connectivity index (χ1n) is 7.18. The lowest BCUT2D eigenvalue weighted by molar-refractivity contribution is 0.960. The van der Waals surface area contributed by atoms with Crippen LogP contribution < -0.4 is 0 Å². The maximum atomic E-state index is 2.34. The summed E-state index contributed by atoms with van der Waals surface area (Å²) in [7, 11) is 0. The molecule has 0 fully saturated rings. The fourth-order valence-corrected chi connectivity index (χ4v) is 3.06. The molecule has 96 valence electrons. The Morgan fingerprint density at radius 1 is 0.500 bits per heavy atom. The Labute approximate surface area is 119 Å². The van der Waals surface area contributed by atoms with Crippen molar-refractivity contribution < 1.29 is 0 Å². The summed E-state index contributed by atoms with van der Waals surface area (Å²) in [6.07, 6.45) is 2.22. The number of hydrogen-bond donors (Lipinski definition) is 0. The van der Waals surface area contributed by atoms with Crippen molar-refractivity contribution in [1.82, 2.24) is 0 Å². The SMILES string of the molecule is c1cc2cc(c1)-c1ccccc1-c1cccc(c1)CC2. The summed E-state index contributed by atoms with van der Waals surface area (Å²) >= 11 is 0. The maximum Gasteiger partial charge on any atom is -0.0105 e. The summed E-state index contributed by atoms with van der Waals surface area (Å²) in [6, 6.07) is 26.6. The highest BCUT2D eigenvalue weighted by Crippen LogP contribution is 2.33. The Bertz CT molecular complexity index is 702. The van der Waals surface area contributed by atoms with Gasteiger partial charge >= 0.3 is 0 Å². The van der Waals surface area contributed by atoms with Gasteiger partial charge in [0.15, 0.2) is 0 Å². The second-order valence-corrected chi connectivity index (χ2v) is 5.45. The summed E-state index contributed by atoms with van der Waals surface area (Å²) in [4.78, 5) is 0. The molecule has 4 bridgehead atoms. The van der Waals surface area contributed by atoms with Crippen LogP contribution >= 0.6 is 0 Å². The zero-order valence-corrected chi connectivity index (χ0v) is 11.3. The molecular weight excluding hydrogens is 240 g/mol. The second-order valence-electron chi connectivity index (χ2n) is 5.45. The fraction of sp³-hybridized carbons (Fsp3) is 0.100. The van der Waals surface area contributed by atoms with Crippen LogP contribution in [-0.2, 0) is 12.8 Å². The van der Waals surface area contributed by atoms with E-state index in [1.54, 1.807) is 0 Å². The molecule has 0 heterocycles. The van der Waals surface area contributed by atoms with Gasteiger partial charge in [0.05, 0.1) is 0 Å². The minimum atomic E-state index is 1.11. The third kappa shape index (κ3) is 1.94. The molecule has 0 radical (unpaired) electrons. The van der Waals surface area contributed by atoms with Crippen molar-refractivity contribution >= 4 is 0 Å². The molecular formula is C20H16. The van der Waals surface area contributed by atoms with Crippen LogP contribution in [0.2, 0.25) is 0 Å². The van der Waals surface area contributed by atoms with Gasteiger partial charge in [0, 0.05) is 0 Å². The van der Waals surface area contributed by atoms with Gasteiger partial charge in [-0.1, -0.05) is 72.8 Å². The third-order valence-electron chi connectivity index (χ3n) is 4.11. The minimum Gasteiger partial charge on any atom is -0.0616 e. The monoisotopic (exact) mass is 256 g/mol. The van der Waals surface area contributed by atoms with Crippen LogP contribution in [0.15, 0.2) is 72.8 Å². The fourth-order valence-electron chi connectivity index (χ4n) is 3.06. The molecule has 0 heteroatoms. The average Bonchev–Trinajstić information content (AvgIpc) is 2.53. The molecule has 3 aromatic carbocycles. The van der Waals surface area contributed by atoms with E-state index in [0.29, 0.717) is 0 Å². The van der Waals surface area contributed by atoms with Crippen molar-refractivity contribution in [2.45, 2.75) is 12.8 Å². The Hall–Kier alpha value is -2.34. The third-order valence-corrected chi connectivity index (χ3v) is 4.11. The Morgan fingerprint density at radius 2 is 1.00 bits per heavy atom. The molecule has 0 amide bonds. The Balaban J connectivity index is 2.05. The van der Waals surface area contributed by atoms with E-state index in [4.69, 9.17) is 0 Å².